The lowest BCUT2D eigenvalue weighted by Crippen LogP contribution is -2.46. The molecular weight excluding hydrogens is 226 g/mol. The van der Waals surface area contributed by atoms with Crippen molar-refractivity contribution in [3.8, 4) is 0 Å². The Kier molecular flexibility index (Phi) is 2.99. The van der Waals surface area contributed by atoms with Gasteiger partial charge < -0.3 is 10.1 Å². The van der Waals surface area contributed by atoms with Crippen LogP contribution in [0.1, 0.15) is 5.56 Å². The maximum Gasteiger partial charge on any atom is 0.246 e. The molecule has 1 unspecified atom stereocenters. The molecule has 1 fully saturated rings. The highest BCUT2D eigenvalue weighted by molar-refractivity contribution is 5.85. The van der Waals surface area contributed by atoms with E-state index in [4.69, 9.17) is 4.74 Å². The van der Waals surface area contributed by atoms with Crippen molar-refractivity contribution in [3.05, 3.63) is 48.0 Å². The molecule has 3 heteroatoms. The molecule has 3 rings (SSSR count). The van der Waals surface area contributed by atoms with Gasteiger partial charge in [-0.3, -0.25) is 4.79 Å². The topological polar surface area (TPSA) is 38.3 Å². The van der Waals surface area contributed by atoms with Crippen LogP contribution in [0, 0.1) is 0 Å². The minimum atomic E-state index is -0.0218. The second-order valence-electron chi connectivity index (χ2n) is 4.62. The third-order valence-corrected chi connectivity index (χ3v) is 3.26. The molecule has 1 amide bonds. The van der Waals surface area contributed by atoms with E-state index in [1.807, 2.05) is 12.1 Å². The monoisotopic (exact) mass is 241 g/mol. The van der Waals surface area contributed by atoms with Crippen molar-refractivity contribution in [3.63, 3.8) is 0 Å². The highest BCUT2D eigenvalue weighted by atomic mass is 16.5. The van der Waals surface area contributed by atoms with E-state index in [-0.39, 0.29) is 18.6 Å². The van der Waals surface area contributed by atoms with Crippen molar-refractivity contribution in [1.82, 2.24) is 5.32 Å². The van der Waals surface area contributed by atoms with Crippen molar-refractivity contribution in [2.75, 3.05) is 13.2 Å². The third kappa shape index (κ3) is 2.22. The molecule has 1 atom stereocenters. The number of amides is 1. The average Bonchev–Trinajstić information content (AvgIpc) is 2.39. The first kappa shape index (κ1) is 11.2. The Labute approximate surface area is 106 Å². The molecule has 92 valence electrons. The summed E-state index contributed by atoms with van der Waals surface area (Å²) < 4.78 is 5.27. The van der Waals surface area contributed by atoms with Gasteiger partial charge in [-0.15, -0.1) is 0 Å². The molecule has 1 heterocycles. The first-order valence-corrected chi connectivity index (χ1v) is 6.17. The van der Waals surface area contributed by atoms with Crippen molar-refractivity contribution < 1.29 is 9.53 Å². The lowest BCUT2D eigenvalue weighted by Gasteiger charge is -2.24. The molecule has 1 aliphatic rings. The van der Waals surface area contributed by atoms with Gasteiger partial charge in [-0.1, -0.05) is 42.5 Å². The first-order chi connectivity index (χ1) is 8.83. The van der Waals surface area contributed by atoms with E-state index in [1.165, 1.54) is 16.3 Å². The third-order valence-electron chi connectivity index (χ3n) is 3.26. The number of benzene rings is 2. The Bertz CT molecular complexity index is 574. The molecule has 0 aromatic heterocycles. The Balaban J connectivity index is 1.88. The number of hydrogen-bond acceptors (Lipinski definition) is 2. The summed E-state index contributed by atoms with van der Waals surface area (Å²) in [7, 11) is 0. The molecule has 0 saturated carbocycles. The van der Waals surface area contributed by atoms with Gasteiger partial charge in [-0.2, -0.15) is 0 Å². The molecule has 0 spiro atoms. The molecule has 1 N–H and O–H groups in total. The van der Waals surface area contributed by atoms with Crippen LogP contribution in [0.3, 0.4) is 0 Å². The first-order valence-electron chi connectivity index (χ1n) is 6.17. The highest BCUT2D eigenvalue weighted by Gasteiger charge is 2.19. The number of fused-ring (bicyclic) bond motifs is 1. The summed E-state index contributed by atoms with van der Waals surface area (Å²) in [5.74, 6) is -0.0218. The zero-order valence-corrected chi connectivity index (χ0v) is 10.1. The SMILES string of the molecule is O=C1COCC(Cc2cccc3ccccc23)N1. The van der Waals surface area contributed by atoms with Gasteiger partial charge in [0.2, 0.25) is 5.91 Å². The quantitative estimate of drug-likeness (QED) is 0.872. The Morgan fingerprint density at radius 1 is 1.17 bits per heavy atom. The molecule has 18 heavy (non-hydrogen) atoms. The van der Waals surface area contributed by atoms with Crippen molar-refractivity contribution >= 4 is 16.7 Å². The number of carbonyl (C=O) groups excluding carboxylic acids is 1. The fourth-order valence-corrected chi connectivity index (χ4v) is 2.45. The zero-order chi connectivity index (χ0) is 12.4. The molecule has 0 radical (unpaired) electrons. The summed E-state index contributed by atoms with van der Waals surface area (Å²) in [5.41, 5.74) is 1.25. The molecule has 1 aliphatic heterocycles. The maximum absolute atomic E-state index is 11.3. The Morgan fingerprint density at radius 2 is 2.00 bits per heavy atom. The van der Waals surface area contributed by atoms with Crippen LogP contribution in [0.2, 0.25) is 0 Å². The van der Waals surface area contributed by atoms with Crippen LogP contribution in [0.4, 0.5) is 0 Å². The Morgan fingerprint density at radius 3 is 2.89 bits per heavy atom. The van der Waals surface area contributed by atoms with E-state index in [0.29, 0.717) is 6.61 Å². The van der Waals surface area contributed by atoms with Gasteiger partial charge in [0, 0.05) is 0 Å². The van der Waals surface area contributed by atoms with Gasteiger partial charge >= 0.3 is 0 Å². The summed E-state index contributed by atoms with van der Waals surface area (Å²) >= 11 is 0. The summed E-state index contributed by atoms with van der Waals surface area (Å²) in [6.45, 7) is 0.779. The molecular formula is C15H15NO2. The summed E-state index contributed by atoms with van der Waals surface area (Å²) in [4.78, 5) is 11.3. The Hall–Kier alpha value is -1.87. The second-order valence-corrected chi connectivity index (χ2v) is 4.62. The number of ether oxygens (including phenoxy) is 1. The molecule has 2 aromatic rings. The number of rotatable bonds is 2. The molecule has 0 bridgehead atoms. The molecule has 1 saturated heterocycles. The van der Waals surface area contributed by atoms with Crippen LogP contribution in [-0.2, 0) is 16.0 Å². The van der Waals surface area contributed by atoms with Gasteiger partial charge in [-0.25, -0.2) is 0 Å². The van der Waals surface area contributed by atoms with E-state index >= 15 is 0 Å². The van der Waals surface area contributed by atoms with E-state index in [1.54, 1.807) is 0 Å². The van der Waals surface area contributed by atoms with E-state index in [0.717, 1.165) is 6.42 Å². The average molecular weight is 241 g/mol. The van der Waals surface area contributed by atoms with Crippen molar-refractivity contribution in [2.45, 2.75) is 12.5 Å². The normalized spacial score (nSPS) is 19.8. The van der Waals surface area contributed by atoms with E-state index in [2.05, 4.69) is 35.6 Å². The van der Waals surface area contributed by atoms with E-state index < -0.39 is 0 Å². The van der Waals surface area contributed by atoms with Gasteiger partial charge in [-0.05, 0) is 22.8 Å². The largest absolute Gasteiger partial charge is 0.369 e. The van der Waals surface area contributed by atoms with Gasteiger partial charge in [0.05, 0.1) is 12.6 Å². The van der Waals surface area contributed by atoms with Crippen molar-refractivity contribution in [1.29, 1.82) is 0 Å². The van der Waals surface area contributed by atoms with Crippen LogP contribution in [0.15, 0.2) is 42.5 Å². The van der Waals surface area contributed by atoms with Gasteiger partial charge in [0.25, 0.3) is 0 Å². The number of carbonyl (C=O) groups is 1. The van der Waals surface area contributed by atoms with Crippen LogP contribution in [0.25, 0.3) is 10.8 Å². The summed E-state index contributed by atoms with van der Waals surface area (Å²) in [5, 5.41) is 5.45. The second kappa shape index (κ2) is 4.78. The maximum atomic E-state index is 11.3. The number of nitrogens with one attached hydrogen (secondary N) is 1. The van der Waals surface area contributed by atoms with Gasteiger partial charge in [0.15, 0.2) is 0 Å². The van der Waals surface area contributed by atoms with Crippen LogP contribution < -0.4 is 5.32 Å². The zero-order valence-electron chi connectivity index (χ0n) is 10.1. The van der Waals surface area contributed by atoms with Crippen LogP contribution >= 0.6 is 0 Å². The fourth-order valence-electron chi connectivity index (χ4n) is 2.45. The minimum Gasteiger partial charge on any atom is -0.369 e. The predicted octanol–water partition coefficient (Wildman–Crippen LogP) is 1.90. The molecule has 0 aliphatic carbocycles. The molecule has 2 aromatic carbocycles. The lowest BCUT2D eigenvalue weighted by atomic mass is 9.99. The predicted molar refractivity (Wildman–Crippen MR) is 70.4 cm³/mol. The van der Waals surface area contributed by atoms with Gasteiger partial charge in [0.1, 0.15) is 6.61 Å². The van der Waals surface area contributed by atoms with E-state index in [9.17, 15) is 4.79 Å². The lowest BCUT2D eigenvalue weighted by molar-refractivity contribution is -0.131. The summed E-state index contributed by atoms with van der Waals surface area (Å²) in [6, 6.07) is 14.7. The molecule has 3 nitrogen and oxygen atoms in total. The fraction of sp³-hybridized carbons (Fsp3) is 0.267. The highest BCUT2D eigenvalue weighted by Crippen LogP contribution is 2.20. The van der Waals surface area contributed by atoms with Crippen LogP contribution in [-0.4, -0.2) is 25.2 Å². The number of hydrogen-bond donors (Lipinski definition) is 1. The number of morpholine rings is 1. The standard InChI is InChI=1S/C15H15NO2/c17-15-10-18-9-13(16-15)8-12-6-3-5-11-4-1-2-7-14(11)12/h1-7,13H,8-10H2,(H,16,17). The van der Waals surface area contributed by atoms with Crippen molar-refractivity contribution in [2.24, 2.45) is 0 Å². The minimum absolute atomic E-state index is 0.0218. The summed E-state index contributed by atoms with van der Waals surface area (Å²) in [6.07, 6.45) is 0.813. The smallest absolute Gasteiger partial charge is 0.246 e. The van der Waals surface area contributed by atoms with Crippen LogP contribution in [0.5, 0.6) is 0 Å².